The molecule has 0 spiro atoms. The highest BCUT2D eigenvalue weighted by Crippen LogP contribution is 2.37. The van der Waals surface area contributed by atoms with Crippen LogP contribution >= 0.6 is 11.6 Å². The van der Waals surface area contributed by atoms with Crippen molar-refractivity contribution in [2.24, 2.45) is 11.8 Å². The van der Waals surface area contributed by atoms with E-state index in [2.05, 4.69) is 18.8 Å². The molecule has 1 fully saturated rings. The van der Waals surface area contributed by atoms with Crippen LogP contribution in [-0.4, -0.2) is 5.38 Å². The van der Waals surface area contributed by atoms with E-state index in [4.69, 9.17) is 11.6 Å². The lowest BCUT2D eigenvalue weighted by Crippen LogP contribution is -2.10. The summed E-state index contributed by atoms with van der Waals surface area (Å²) < 4.78 is 0. The van der Waals surface area contributed by atoms with E-state index in [-0.39, 0.29) is 0 Å². The molecular formula is C11H17Cl. The second kappa shape index (κ2) is 4.77. The number of alkyl halides is 1. The Hall–Kier alpha value is -0.150. The maximum Gasteiger partial charge on any atom is 0.0364 e. The van der Waals surface area contributed by atoms with Crippen LogP contribution in [0.1, 0.15) is 39.5 Å². The van der Waals surface area contributed by atoms with Gasteiger partial charge in [-0.2, -0.15) is 0 Å². The molecule has 1 rings (SSSR count). The Balaban J connectivity index is 2.27. The lowest BCUT2D eigenvalue weighted by Gasteiger charge is -2.15. The van der Waals surface area contributed by atoms with Gasteiger partial charge in [-0.3, -0.25) is 0 Å². The average Bonchev–Trinajstić information content (AvgIpc) is 2.36. The number of halogens is 1. The zero-order chi connectivity index (χ0) is 8.97. The van der Waals surface area contributed by atoms with Crippen molar-refractivity contribution in [3.63, 3.8) is 0 Å². The molecule has 0 nitrogen and oxygen atoms in total. The van der Waals surface area contributed by atoms with Gasteiger partial charge in [0.1, 0.15) is 0 Å². The van der Waals surface area contributed by atoms with Gasteiger partial charge in [0, 0.05) is 11.8 Å². The molecule has 0 bridgehead atoms. The summed E-state index contributed by atoms with van der Waals surface area (Å²) in [5.74, 6) is 7.58. The van der Waals surface area contributed by atoms with Crippen molar-refractivity contribution < 1.29 is 0 Å². The fourth-order valence-corrected chi connectivity index (χ4v) is 2.32. The molecule has 1 saturated carbocycles. The second-order valence-electron chi connectivity index (χ2n) is 3.68. The minimum absolute atomic E-state index is 0.421. The molecule has 0 amide bonds. The minimum Gasteiger partial charge on any atom is -0.123 e. The quantitative estimate of drug-likeness (QED) is 0.456. The molecule has 0 aliphatic heterocycles. The fraction of sp³-hybridized carbons (Fsp3) is 0.818. The molecular weight excluding hydrogens is 168 g/mol. The molecule has 0 heterocycles. The maximum atomic E-state index is 6.13. The zero-order valence-corrected chi connectivity index (χ0v) is 8.69. The molecule has 0 radical (unpaired) electrons. The largest absolute Gasteiger partial charge is 0.123 e. The smallest absolute Gasteiger partial charge is 0.0364 e. The van der Waals surface area contributed by atoms with Gasteiger partial charge in [0.25, 0.3) is 0 Å². The van der Waals surface area contributed by atoms with Crippen molar-refractivity contribution in [3.05, 3.63) is 0 Å². The second-order valence-corrected chi connectivity index (χ2v) is 4.24. The lowest BCUT2D eigenvalue weighted by atomic mass is 9.93. The monoisotopic (exact) mass is 184 g/mol. The topological polar surface area (TPSA) is 0 Å². The molecule has 1 aliphatic rings. The van der Waals surface area contributed by atoms with Gasteiger partial charge in [-0.15, -0.1) is 23.4 Å². The van der Waals surface area contributed by atoms with Crippen LogP contribution in [0, 0.1) is 23.7 Å². The lowest BCUT2D eigenvalue weighted by molar-refractivity contribution is 0.399. The molecule has 1 aliphatic carbocycles. The molecule has 3 atom stereocenters. The standard InChI is InChI=1S/C11H17Cl/c1-3-4-5-6-10-7-8-11(12)9(10)2/h9-11H,5-8H2,1-2H3. The van der Waals surface area contributed by atoms with E-state index in [0.717, 1.165) is 12.3 Å². The van der Waals surface area contributed by atoms with Crippen molar-refractivity contribution in [2.45, 2.75) is 44.9 Å². The number of hydrogen-bond donors (Lipinski definition) is 0. The Morgan fingerprint density at radius 2 is 2.17 bits per heavy atom. The summed E-state index contributed by atoms with van der Waals surface area (Å²) >= 11 is 6.13. The predicted molar refractivity (Wildman–Crippen MR) is 54.2 cm³/mol. The van der Waals surface area contributed by atoms with Crippen molar-refractivity contribution in [1.82, 2.24) is 0 Å². The third-order valence-corrected chi connectivity index (χ3v) is 3.56. The van der Waals surface area contributed by atoms with Crippen molar-refractivity contribution >= 4 is 11.6 Å². The molecule has 12 heavy (non-hydrogen) atoms. The first-order valence-electron chi connectivity index (χ1n) is 4.79. The summed E-state index contributed by atoms with van der Waals surface area (Å²) in [7, 11) is 0. The van der Waals surface area contributed by atoms with Crippen LogP contribution in [0.15, 0.2) is 0 Å². The first-order chi connectivity index (χ1) is 5.75. The summed E-state index contributed by atoms with van der Waals surface area (Å²) in [6.07, 6.45) is 4.80. The predicted octanol–water partition coefficient (Wildman–Crippen LogP) is 3.44. The molecule has 0 aromatic carbocycles. The summed E-state index contributed by atoms with van der Waals surface area (Å²) in [6.45, 7) is 4.18. The van der Waals surface area contributed by atoms with Crippen LogP contribution in [0.3, 0.4) is 0 Å². The molecule has 3 unspecified atom stereocenters. The van der Waals surface area contributed by atoms with Crippen molar-refractivity contribution in [3.8, 4) is 11.8 Å². The van der Waals surface area contributed by atoms with Crippen LogP contribution in [0.4, 0.5) is 0 Å². The average molecular weight is 185 g/mol. The zero-order valence-electron chi connectivity index (χ0n) is 7.94. The van der Waals surface area contributed by atoms with E-state index < -0.39 is 0 Å². The SMILES string of the molecule is CC#CCCC1CCC(Cl)C1C. The van der Waals surface area contributed by atoms with E-state index >= 15 is 0 Å². The van der Waals surface area contributed by atoms with E-state index in [9.17, 15) is 0 Å². The number of hydrogen-bond acceptors (Lipinski definition) is 0. The Morgan fingerprint density at radius 3 is 2.67 bits per heavy atom. The molecule has 0 saturated heterocycles. The number of rotatable bonds is 2. The van der Waals surface area contributed by atoms with Crippen LogP contribution in [0.2, 0.25) is 0 Å². The summed E-state index contributed by atoms with van der Waals surface area (Å²) in [6, 6.07) is 0. The Morgan fingerprint density at radius 1 is 1.42 bits per heavy atom. The first kappa shape index (κ1) is 9.93. The third kappa shape index (κ3) is 2.42. The van der Waals surface area contributed by atoms with E-state index in [1.54, 1.807) is 0 Å². The van der Waals surface area contributed by atoms with Gasteiger partial charge >= 0.3 is 0 Å². The normalized spacial score (nSPS) is 34.4. The van der Waals surface area contributed by atoms with Crippen molar-refractivity contribution in [2.75, 3.05) is 0 Å². The van der Waals surface area contributed by atoms with Gasteiger partial charge in [-0.05, 0) is 38.0 Å². The maximum absolute atomic E-state index is 6.13. The van der Waals surface area contributed by atoms with Crippen molar-refractivity contribution in [1.29, 1.82) is 0 Å². The van der Waals surface area contributed by atoms with Crippen LogP contribution in [0.5, 0.6) is 0 Å². The fourth-order valence-electron chi connectivity index (χ4n) is 1.98. The highest BCUT2D eigenvalue weighted by Gasteiger charge is 2.30. The van der Waals surface area contributed by atoms with Gasteiger partial charge < -0.3 is 0 Å². The molecule has 68 valence electrons. The highest BCUT2D eigenvalue weighted by molar-refractivity contribution is 6.20. The first-order valence-corrected chi connectivity index (χ1v) is 5.23. The highest BCUT2D eigenvalue weighted by atomic mass is 35.5. The minimum atomic E-state index is 0.421. The van der Waals surface area contributed by atoms with E-state index in [1.165, 1.54) is 19.3 Å². The summed E-state index contributed by atoms with van der Waals surface area (Å²) in [5.41, 5.74) is 0. The van der Waals surface area contributed by atoms with Gasteiger partial charge in [-0.25, -0.2) is 0 Å². The molecule has 0 N–H and O–H groups in total. The third-order valence-electron chi connectivity index (χ3n) is 2.94. The molecule has 0 aromatic rings. The Labute approximate surface area is 80.7 Å². The van der Waals surface area contributed by atoms with E-state index in [1.807, 2.05) is 6.92 Å². The van der Waals surface area contributed by atoms with Gasteiger partial charge in [0.2, 0.25) is 0 Å². The van der Waals surface area contributed by atoms with Crippen LogP contribution < -0.4 is 0 Å². The van der Waals surface area contributed by atoms with Crippen LogP contribution in [-0.2, 0) is 0 Å². The Bertz CT molecular complexity index is 187. The van der Waals surface area contributed by atoms with E-state index in [0.29, 0.717) is 11.3 Å². The Kier molecular flexibility index (Phi) is 3.95. The van der Waals surface area contributed by atoms with Gasteiger partial charge in [0.05, 0.1) is 0 Å². The summed E-state index contributed by atoms with van der Waals surface area (Å²) in [5, 5.41) is 0.421. The van der Waals surface area contributed by atoms with Gasteiger partial charge in [0.15, 0.2) is 0 Å². The molecule has 1 heteroatoms. The van der Waals surface area contributed by atoms with Crippen LogP contribution in [0.25, 0.3) is 0 Å². The molecule has 0 aromatic heterocycles. The summed E-state index contributed by atoms with van der Waals surface area (Å²) in [4.78, 5) is 0. The van der Waals surface area contributed by atoms with Gasteiger partial charge in [-0.1, -0.05) is 6.92 Å².